The van der Waals surface area contributed by atoms with Crippen LogP contribution in [0.2, 0.25) is 0 Å². The van der Waals surface area contributed by atoms with Gasteiger partial charge in [0.05, 0.1) is 29.0 Å². The minimum atomic E-state index is -1.28. The minimum Gasteiger partial charge on any atom is -0.458 e. The molecule has 0 amide bonds. The van der Waals surface area contributed by atoms with E-state index in [0.717, 1.165) is 22.2 Å². The highest BCUT2D eigenvalue weighted by molar-refractivity contribution is 5.88. The first kappa shape index (κ1) is 18.4. The zero-order chi connectivity index (χ0) is 21.3. The van der Waals surface area contributed by atoms with Gasteiger partial charge in [-0.1, -0.05) is 6.92 Å². The summed E-state index contributed by atoms with van der Waals surface area (Å²) in [6.45, 7) is 4.58. The number of benzene rings is 1. The van der Waals surface area contributed by atoms with Gasteiger partial charge in [-0.25, -0.2) is 9.78 Å². The van der Waals surface area contributed by atoms with Crippen molar-refractivity contribution < 1.29 is 23.7 Å². The molecule has 0 unspecified atom stereocenters. The van der Waals surface area contributed by atoms with E-state index in [1.165, 1.54) is 0 Å². The van der Waals surface area contributed by atoms with Crippen LogP contribution in [0, 0.1) is 0 Å². The molecule has 0 N–H and O–H groups in total. The molecule has 2 aromatic heterocycles. The molecule has 3 aromatic rings. The Kier molecular flexibility index (Phi) is 3.74. The van der Waals surface area contributed by atoms with Crippen LogP contribution in [-0.4, -0.2) is 28.9 Å². The van der Waals surface area contributed by atoms with Gasteiger partial charge in [-0.2, -0.15) is 0 Å². The van der Waals surface area contributed by atoms with Gasteiger partial charge in [0.15, 0.2) is 17.1 Å². The fourth-order valence-electron chi connectivity index (χ4n) is 4.85. The van der Waals surface area contributed by atoms with Gasteiger partial charge in [-0.15, -0.1) is 0 Å². The second-order valence-corrected chi connectivity index (χ2v) is 7.90. The van der Waals surface area contributed by atoms with Gasteiger partial charge in [0.25, 0.3) is 5.56 Å². The summed E-state index contributed by atoms with van der Waals surface area (Å²) in [5, 5.41) is 0.921. The van der Waals surface area contributed by atoms with Crippen molar-refractivity contribution in [2.75, 3.05) is 13.4 Å². The first-order valence-electron chi connectivity index (χ1n) is 10.4. The number of fused-ring (bicyclic) bond motifs is 6. The Hall–Kier alpha value is -3.39. The van der Waals surface area contributed by atoms with Crippen LogP contribution in [0.5, 0.6) is 11.5 Å². The Morgan fingerprint density at radius 2 is 1.90 bits per heavy atom. The molecule has 31 heavy (non-hydrogen) atoms. The molecular formula is C23H20N2O6. The van der Waals surface area contributed by atoms with Crippen LogP contribution in [0.4, 0.5) is 0 Å². The normalized spacial score (nSPS) is 20.4. The second kappa shape index (κ2) is 6.31. The van der Waals surface area contributed by atoms with Crippen molar-refractivity contribution in [3.63, 3.8) is 0 Å². The lowest BCUT2D eigenvalue weighted by molar-refractivity contribution is -0.180. The number of carbonyl (C=O) groups excluding carboxylic acids is 1. The summed E-state index contributed by atoms with van der Waals surface area (Å²) in [5.74, 6) is 0.897. The third-order valence-corrected chi connectivity index (χ3v) is 6.36. The topological polar surface area (TPSA) is 88.9 Å². The van der Waals surface area contributed by atoms with E-state index in [4.69, 9.17) is 23.9 Å². The van der Waals surface area contributed by atoms with Crippen LogP contribution < -0.4 is 15.0 Å². The Morgan fingerprint density at radius 1 is 1.10 bits per heavy atom. The number of rotatable bonds is 3. The Labute approximate surface area is 177 Å². The molecule has 0 bridgehead atoms. The molecule has 0 saturated carbocycles. The molecule has 3 aliphatic rings. The second-order valence-electron chi connectivity index (χ2n) is 7.90. The standard InChI is InChI=1S/C23H20N2O6/c1-3-23(31-4-2)15-7-17-20-13(9-25(17)21(26)14(15)10-28-22(23)27)5-12-6-18-19(30-11-29-18)8-16(12)24-20/h5-8H,3-4,9-11H2,1-2H3/t23-/m0/s1. The van der Waals surface area contributed by atoms with E-state index in [-0.39, 0.29) is 19.0 Å². The maximum atomic E-state index is 13.4. The third kappa shape index (κ3) is 2.36. The monoisotopic (exact) mass is 420 g/mol. The molecule has 5 heterocycles. The molecule has 8 nitrogen and oxygen atoms in total. The molecule has 158 valence electrons. The molecule has 0 fully saturated rings. The number of carbonyl (C=O) groups is 1. The lowest BCUT2D eigenvalue weighted by Crippen LogP contribution is -2.46. The van der Waals surface area contributed by atoms with E-state index < -0.39 is 11.6 Å². The number of aromatic nitrogens is 2. The lowest BCUT2D eigenvalue weighted by atomic mass is 9.85. The van der Waals surface area contributed by atoms with Crippen LogP contribution in [0.1, 0.15) is 37.0 Å². The van der Waals surface area contributed by atoms with Gasteiger partial charge >= 0.3 is 5.97 Å². The molecule has 0 saturated heterocycles. The number of hydrogen-bond acceptors (Lipinski definition) is 7. The van der Waals surface area contributed by atoms with E-state index in [1.54, 1.807) is 4.57 Å². The van der Waals surface area contributed by atoms with Crippen molar-refractivity contribution in [1.29, 1.82) is 0 Å². The van der Waals surface area contributed by atoms with Crippen molar-refractivity contribution in [3.05, 3.63) is 51.3 Å². The smallest absolute Gasteiger partial charge is 0.343 e. The largest absolute Gasteiger partial charge is 0.458 e. The Bertz CT molecular complexity index is 1340. The van der Waals surface area contributed by atoms with Crippen molar-refractivity contribution >= 4 is 16.9 Å². The fraction of sp³-hybridized carbons (Fsp3) is 0.348. The molecule has 0 spiro atoms. The quantitative estimate of drug-likeness (QED) is 0.471. The van der Waals surface area contributed by atoms with E-state index >= 15 is 0 Å². The van der Waals surface area contributed by atoms with Crippen LogP contribution >= 0.6 is 0 Å². The van der Waals surface area contributed by atoms with Gasteiger partial charge in [0.2, 0.25) is 6.79 Å². The van der Waals surface area contributed by atoms with Crippen LogP contribution in [0.15, 0.2) is 29.1 Å². The van der Waals surface area contributed by atoms with Crippen molar-refractivity contribution in [1.82, 2.24) is 9.55 Å². The first-order valence-corrected chi connectivity index (χ1v) is 10.4. The van der Waals surface area contributed by atoms with Gasteiger partial charge in [-0.05, 0) is 31.5 Å². The highest BCUT2D eigenvalue weighted by Crippen LogP contribution is 2.42. The Balaban J connectivity index is 1.59. The maximum Gasteiger partial charge on any atom is 0.343 e. The first-order chi connectivity index (χ1) is 15.1. The number of cyclic esters (lactones) is 1. The molecule has 0 radical (unpaired) electrons. The molecule has 3 aliphatic heterocycles. The Morgan fingerprint density at radius 3 is 2.68 bits per heavy atom. The SMILES string of the molecule is CCO[C@]1(CC)C(=O)OCc2c1cc1n(c2=O)Cc2cc3cc4c(cc3nc2-1)OCO4. The summed E-state index contributed by atoms with van der Waals surface area (Å²) in [4.78, 5) is 31.0. The molecule has 1 atom stereocenters. The zero-order valence-corrected chi connectivity index (χ0v) is 17.2. The van der Waals surface area contributed by atoms with Crippen LogP contribution in [0.25, 0.3) is 22.3 Å². The molecule has 8 heteroatoms. The molecule has 6 rings (SSSR count). The van der Waals surface area contributed by atoms with Crippen LogP contribution in [-0.2, 0) is 33.0 Å². The van der Waals surface area contributed by atoms with Crippen molar-refractivity contribution in [2.45, 2.75) is 39.0 Å². The summed E-state index contributed by atoms with van der Waals surface area (Å²) in [6, 6.07) is 7.67. The van der Waals surface area contributed by atoms with Crippen molar-refractivity contribution in [2.24, 2.45) is 0 Å². The maximum absolute atomic E-state index is 13.4. The number of ether oxygens (including phenoxy) is 4. The average Bonchev–Trinajstić information content (AvgIpc) is 3.37. The van der Waals surface area contributed by atoms with Crippen LogP contribution in [0.3, 0.4) is 0 Å². The fourth-order valence-corrected chi connectivity index (χ4v) is 4.85. The summed E-state index contributed by atoms with van der Waals surface area (Å²) >= 11 is 0. The number of esters is 1. The predicted octanol–water partition coefficient (Wildman–Crippen LogP) is 2.85. The zero-order valence-electron chi connectivity index (χ0n) is 17.2. The third-order valence-electron chi connectivity index (χ3n) is 6.36. The highest BCUT2D eigenvalue weighted by atomic mass is 16.7. The van der Waals surface area contributed by atoms with E-state index in [2.05, 4.69) is 0 Å². The predicted molar refractivity (Wildman–Crippen MR) is 110 cm³/mol. The lowest BCUT2D eigenvalue weighted by Gasteiger charge is -2.35. The van der Waals surface area contributed by atoms with Gasteiger partial charge in [0.1, 0.15) is 6.61 Å². The number of nitrogens with zero attached hydrogens (tertiary/aromatic N) is 2. The number of pyridine rings is 2. The summed E-state index contributed by atoms with van der Waals surface area (Å²) < 4.78 is 23.9. The summed E-state index contributed by atoms with van der Waals surface area (Å²) in [5.41, 5.74) is 2.72. The summed E-state index contributed by atoms with van der Waals surface area (Å²) in [6.07, 6.45) is 0.372. The minimum absolute atomic E-state index is 0.0464. The molecule has 0 aliphatic carbocycles. The van der Waals surface area contributed by atoms with Crippen molar-refractivity contribution in [3.8, 4) is 22.9 Å². The van der Waals surface area contributed by atoms with Gasteiger partial charge in [-0.3, -0.25) is 4.79 Å². The van der Waals surface area contributed by atoms with E-state index in [1.807, 2.05) is 38.1 Å². The molecule has 1 aromatic carbocycles. The number of hydrogen-bond donors (Lipinski definition) is 0. The van der Waals surface area contributed by atoms with Gasteiger partial charge in [0, 0.05) is 29.2 Å². The average molecular weight is 420 g/mol. The highest BCUT2D eigenvalue weighted by Gasteiger charge is 2.47. The van der Waals surface area contributed by atoms with E-state index in [9.17, 15) is 9.59 Å². The van der Waals surface area contributed by atoms with E-state index in [0.29, 0.717) is 47.9 Å². The van der Waals surface area contributed by atoms with Gasteiger partial charge < -0.3 is 23.5 Å². The summed E-state index contributed by atoms with van der Waals surface area (Å²) in [7, 11) is 0. The molecular weight excluding hydrogens is 400 g/mol.